The molecule has 0 aliphatic carbocycles. The van der Waals surface area contributed by atoms with Crippen LogP contribution in [-0.4, -0.2) is 17.4 Å². The summed E-state index contributed by atoms with van der Waals surface area (Å²) in [5.41, 5.74) is 6.05. The highest BCUT2D eigenvalue weighted by atomic mass is 35.5. The summed E-state index contributed by atoms with van der Waals surface area (Å²) >= 11 is 5.74. The fraction of sp³-hybridized carbons (Fsp3) is 0.500. The molecule has 0 radical (unpaired) electrons. The number of nitrogens with zero attached hydrogens (tertiary/aromatic N) is 1. The van der Waals surface area contributed by atoms with E-state index in [0.717, 1.165) is 6.42 Å². The highest BCUT2D eigenvalue weighted by molar-refractivity contribution is 6.29. The summed E-state index contributed by atoms with van der Waals surface area (Å²) in [6.45, 7) is 6.90. The maximum atomic E-state index is 11.9. The largest absolute Gasteiger partial charge is 0.384 e. The fourth-order valence-electron chi connectivity index (χ4n) is 1.19. The highest BCUT2D eigenvalue weighted by Crippen LogP contribution is 2.18. The normalized spacial score (nSPS) is 11.3. The molecule has 5 heteroatoms. The van der Waals surface area contributed by atoms with Gasteiger partial charge in [-0.2, -0.15) is 0 Å². The molecule has 4 nitrogen and oxygen atoms in total. The maximum absolute atomic E-state index is 11.9. The molecule has 0 unspecified atom stereocenters. The lowest BCUT2D eigenvalue weighted by molar-refractivity contribution is 0.0935. The molecule has 1 amide bonds. The first-order valence-corrected chi connectivity index (χ1v) is 5.93. The van der Waals surface area contributed by atoms with Crippen molar-refractivity contribution in [3.8, 4) is 0 Å². The van der Waals surface area contributed by atoms with E-state index in [4.69, 9.17) is 17.3 Å². The molecule has 0 aromatic carbocycles. The lowest BCUT2D eigenvalue weighted by Crippen LogP contribution is -2.33. The molecule has 0 bridgehead atoms. The van der Waals surface area contributed by atoms with E-state index in [1.54, 1.807) is 0 Å². The second-order valence-corrected chi connectivity index (χ2v) is 5.19. The number of hydrogen-bond donors (Lipinski definition) is 2. The Morgan fingerprint density at radius 2 is 2.18 bits per heavy atom. The Labute approximate surface area is 107 Å². The zero-order valence-corrected chi connectivity index (χ0v) is 11.1. The SMILES string of the molecule is CCC(C)(C)CNC(=O)c1cc(N)nc(Cl)c1. The third-order valence-electron chi connectivity index (χ3n) is 2.76. The quantitative estimate of drug-likeness (QED) is 0.813. The van der Waals surface area contributed by atoms with Crippen LogP contribution < -0.4 is 11.1 Å². The van der Waals surface area contributed by atoms with Crippen LogP contribution in [0.1, 0.15) is 37.6 Å². The number of rotatable bonds is 4. The van der Waals surface area contributed by atoms with Gasteiger partial charge in [-0.25, -0.2) is 4.98 Å². The Kier molecular flexibility index (Phi) is 4.34. The number of aromatic nitrogens is 1. The molecule has 0 fully saturated rings. The molecule has 3 N–H and O–H groups in total. The van der Waals surface area contributed by atoms with Gasteiger partial charge in [0.2, 0.25) is 0 Å². The van der Waals surface area contributed by atoms with Gasteiger partial charge in [0.1, 0.15) is 11.0 Å². The Morgan fingerprint density at radius 1 is 1.53 bits per heavy atom. The van der Waals surface area contributed by atoms with Crippen molar-refractivity contribution in [3.63, 3.8) is 0 Å². The molecule has 94 valence electrons. The van der Waals surface area contributed by atoms with Gasteiger partial charge in [-0.3, -0.25) is 4.79 Å². The number of nitrogen functional groups attached to an aromatic ring is 1. The number of nitrogens with two attached hydrogens (primary N) is 1. The van der Waals surface area contributed by atoms with Crippen LogP contribution in [0.25, 0.3) is 0 Å². The van der Waals surface area contributed by atoms with Gasteiger partial charge in [-0.05, 0) is 24.0 Å². The molecule has 0 aliphatic rings. The fourth-order valence-corrected chi connectivity index (χ4v) is 1.41. The zero-order valence-electron chi connectivity index (χ0n) is 10.4. The predicted octanol–water partition coefficient (Wildman–Crippen LogP) is 2.48. The van der Waals surface area contributed by atoms with Crippen molar-refractivity contribution in [2.45, 2.75) is 27.2 Å². The van der Waals surface area contributed by atoms with Crippen molar-refractivity contribution in [2.24, 2.45) is 5.41 Å². The summed E-state index contributed by atoms with van der Waals surface area (Å²) in [4.78, 5) is 15.7. The van der Waals surface area contributed by atoms with E-state index in [-0.39, 0.29) is 22.3 Å². The van der Waals surface area contributed by atoms with Crippen molar-refractivity contribution in [1.82, 2.24) is 10.3 Å². The first kappa shape index (κ1) is 13.8. The van der Waals surface area contributed by atoms with Crippen LogP contribution in [-0.2, 0) is 0 Å². The Morgan fingerprint density at radius 3 is 2.71 bits per heavy atom. The van der Waals surface area contributed by atoms with E-state index in [9.17, 15) is 4.79 Å². The summed E-state index contributed by atoms with van der Waals surface area (Å²) in [6, 6.07) is 3.02. The lowest BCUT2D eigenvalue weighted by Gasteiger charge is -2.22. The average Bonchev–Trinajstić information content (AvgIpc) is 2.24. The van der Waals surface area contributed by atoms with E-state index >= 15 is 0 Å². The Balaban J connectivity index is 2.70. The van der Waals surface area contributed by atoms with E-state index in [0.29, 0.717) is 12.1 Å². The van der Waals surface area contributed by atoms with Gasteiger partial charge in [0, 0.05) is 12.1 Å². The minimum absolute atomic E-state index is 0.0814. The van der Waals surface area contributed by atoms with Gasteiger partial charge in [0.25, 0.3) is 5.91 Å². The third kappa shape index (κ3) is 4.23. The number of nitrogens with one attached hydrogen (secondary N) is 1. The molecule has 1 rings (SSSR count). The van der Waals surface area contributed by atoms with Crippen LogP contribution in [0.15, 0.2) is 12.1 Å². The third-order valence-corrected chi connectivity index (χ3v) is 2.95. The summed E-state index contributed by atoms with van der Waals surface area (Å²) in [5.74, 6) is 0.0694. The number of carbonyl (C=O) groups excluding carboxylic acids is 1. The highest BCUT2D eigenvalue weighted by Gasteiger charge is 2.17. The van der Waals surface area contributed by atoms with E-state index in [1.165, 1.54) is 12.1 Å². The number of hydrogen-bond acceptors (Lipinski definition) is 3. The minimum Gasteiger partial charge on any atom is -0.384 e. The van der Waals surface area contributed by atoms with Crippen LogP contribution in [0.2, 0.25) is 5.15 Å². The molecular formula is C12H18ClN3O. The first-order chi connectivity index (χ1) is 7.84. The van der Waals surface area contributed by atoms with Crippen molar-refractivity contribution in [1.29, 1.82) is 0 Å². The molecule has 1 aromatic rings. The molecule has 1 aromatic heterocycles. The minimum atomic E-state index is -0.178. The molecule has 0 spiro atoms. The topological polar surface area (TPSA) is 68.0 Å². The number of carbonyl (C=O) groups is 1. The average molecular weight is 256 g/mol. The van der Waals surface area contributed by atoms with Crippen LogP contribution in [0.4, 0.5) is 5.82 Å². The summed E-state index contributed by atoms with van der Waals surface area (Å²) in [6.07, 6.45) is 0.993. The van der Waals surface area contributed by atoms with Gasteiger partial charge in [0.15, 0.2) is 0 Å². The molecule has 0 saturated heterocycles. The van der Waals surface area contributed by atoms with Gasteiger partial charge in [0.05, 0.1) is 0 Å². The standard InChI is InChI=1S/C12H18ClN3O/c1-4-12(2,3)7-15-11(17)8-5-9(13)16-10(14)6-8/h5-6H,4,7H2,1-3H3,(H2,14,16)(H,15,17). The second-order valence-electron chi connectivity index (χ2n) is 4.80. The van der Waals surface area contributed by atoms with Crippen LogP contribution in [0.3, 0.4) is 0 Å². The number of amides is 1. The first-order valence-electron chi connectivity index (χ1n) is 5.55. The monoisotopic (exact) mass is 255 g/mol. The van der Waals surface area contributed by atoms with Crippen LogP contribution in [0, 0.1) is 5.41 Å². The molecule has 0 atom stereocenters. The van der Waals surface area contributed by atoms with Gasteiger partial charge < -0.3 is 11.1 Å². The number of pyridine rings is 1. The van der Waals surface area contributed by atoms with Crippen LogP contribution in [0.5, 0.6) is 0 Å². The van der Waals surface area contributed by atoms with Gasteiger partial charge in [-0.15, -0.1) is 0 Å². The van der Waals surface area contributed by atoms with Crippen LogP contribution >= 0.6 is 11.6 Å². The van der Waals surface area contributed by atoms with Crippen molar-refractivity contribution < 1.29 is 4.79 Å². The van der Waals surface area contributed by atoms with Crippen molar-refractivity contribution in [2.75, 3.05) is 12.3 Å². The Hall–Kier alpha value is -1.29. The number of anilines is 1. The number of halogens is 1. The zero-order chi connectivity index (χ0) is 13.1. The molecular weight excluding hydrogens is 238 g/mol. The van der Waals surface area contributed by atoms with E-state index in [1.807, 2.05) is 0 Å². The molecule has 0 aliphatic heterocycles. The summed E-state index contributed by atoms with van der Waals surface area (Å²) in [5, 5.41) is 3.09. The summed E-state index contributed by atoms with van der Waals surface area (Å²) < 4.78 is 0. The lowest BCUT2D eigenvalue weighted by atomic mass is 9.90. The van der Waals surface area contributed by atoms with E-state index < -0.39 is 0 Å². The molecule has 0 saturated carbocycles. The second kappa shape index (κ2) is 5.36. The smallest absolute Gasteiger partial charge is 0.251 e. The summed E-state index contributed by atoms with van der Waals surface area (Å²) in [7, 11) is 0. The van der Waals surface area contributed by atoms with Gasteiger partial charge >= 0.3 is 0 Å². The van der Waals surface area contributed by atoms with Crippen molar-refractivity contribution in [3.05, 3.63) is 22.8 Å². The molecule has 17 heavy (non-hydrogen) atoms. The Bertz CT molecular complexity index is 398. The van der Waals surface area contributed by atoms with Gasteiger partial charge in [-0.1, -0.05) is 32.4 Å². The maximum Gasteiger partial charge on any atom is 0.251 e. The van der Waals surface area contributed by atoms with Crippen molar-refractivity contribution >= 4 is 23.3 Å². The predicted molar refractivity (Wildman–Crippen MR) is 70.1 cm³/mol. The van der Waals surface area contributed by atoms with E-state index in [2.05, 4.69) is 31.1 Å². The molecule has 1 heterocycles.